The molecule has 1 aliphatic heterocycles. The third-order valence-electron chi connectivity index (χ3n) is 3.66. The molecule has 1 aromatic heterocycles. The van der Waals surface area contributed by atoms with Crippen LogP contribution in [0.1, 0.15) is 10.4 Å². The fourth-order valence-corrected chi connectivity index (χ4v) is 3.03. The standard InChI is InChI=1S/C14H16BrN3O/c1-17-4-6-18(7-5-17)14(19)10-8-12(15)11-2-3-16-13(11)9-10/h2-3,8-9,16H,4-7H2,1H3. The molecule has 0 radical (unpaired) electrons. The summed E-state index contributed by atoms with van der Waals surface area (Å²) in [6.45, 7) is 3.49. The smallest absolute Gasteiger partial charge is 0.254 e. The van der Waals surface area contributed by atoms with Crippen LogP contribution < -0.4 is 0 Å². The van der Waals surface area contributed by atoms with Gasteiger partial charge in [0, 0.05) is 53.3 Å². The first-order chi connectivity index (χ1) is 9.15. The van der Waals surface area contributed by atoms with Crippen molar-refractivity contribution in [3.63, 3.8) is 0 Å². The lowest BCUT2D eigenvalue weighted by Gasteiger charge is -2.32. The lowest BCUT2D eigenvalue weighted by atomic mass is 10.1. The molecule has 5 heteroatoms. The van der Waals surface area contributed by atoms with Gasteiger partial charge in [-0.3, -0.25) is 4.79 Å². The number of likely N-dealkylation sites (N-methyl/N-ethyl adjacent to an activating group) is 1. The van der Waals surface area contributed by atoms with Crippen molar-refractivity contribution in [3.05, 3.63) is 34.4 Å². The zero-order chi connectivity index (χ0) is 13.4. The number of H-pyrrole nitrogens is 1. The molecule has 0 spiro atoms. The topological polar surface area (TPSA) is 39.3 Å². The summed E-state index contributed by atoms with van der Waals surface area (Å²) in [5.41, 5.74) is 1.73. The molecule has 0 unspecified atom stereocenters. The summed E-state index contributed by atoms with van der Waals surface area (Å²) in [6.07, 6.45) is 1.89. The molecule has 3 rings (SSSR count). The Hall–Kier alpha value is -1.33. The molecular formula is C14H16BrN3O. The average Bonchev–Trinajstić information content (AvgIpc) is 2.87. The molecule has 100 valence electrons. The monoisotopic (exact) mass is 321 g/mol. The molecule has 0 atom stereocenters. The van der Waals surface area contributed by atoms with E-state index in [2.05, 4.69) is 32.9 Å². The van der Waals surface area contributed by atoms with Crippen LogP contribution in [-0.2, 0) is 0 Å². The van der Waals surface area contributed by atoms with Crippen LogP contribution in [0.2, 0.25) is 0 Å². The fourth-order valence-electron chi connectivity index (χ4n) is 2.44. The highest BCUT2D eigenvalue weighted by Gasteiger charge is 2.21. The van der Waals surface area contributed by atoms with Gasteiger partial charge >= 0.3 is 0 Å². The maximum atomic E-state index is 12.5. The van der Waals surface area contributed by atoms with E-state index in [1.54, 1.807) is 0 Å². The van der Waals surface area contributed by atoms with Gasteiger partial charge < -0.3 is 14.8 Å². The third kappa shape index (κ3) is 2.40. The first-order valence-corrected chi connectivity index (χ1v) is 7.19. The van der Waals surface area contributed by atoms with E-state index in [-0.39, 0.29) is 5.91 Å². The van der Waals surface area contributed by atoms with Gasteiger partial charge in [-0.05, 0) is 25.2 Å². The first-order valence-electron chi connectivity index (χ1n) is 6.39. The SMILES string of the molecule is CN1CCN(C(=O)c2cc(Br)c3cc[nH]c3c2)CC1. The van der Waals surface area contributed by atoms with E-state index in [0.29, 0.717) is 0 Å². The average molecular weight is 322 g/mol. The van der Waals surface area contributed by atoms with E-state index in [1.807, 2.05) is 29.3 Å². The highest BCUT2D eigenvalue weighted by atomic mass is 79.9. The molecule has 1 saturated heterocycles. The van der Waals surface area contributed by atoms with Crippen molar-refractivity contribution < 1.29 is 4.79 Å². The van der Waals surface area contributed by atoms with Crippen molar-refractivity contribution in [3.8, 4) is 0 Å². The van der Waals surface area contributed by atoms with E-state index >= 15 is 0 Å². The van der Waals surface area contributed by atoms with Crippen molar-refractivity contribution in [2.24, 2.45) is 0 Å². The zero-order valence-electron chi connectivity index (χ0n) is 10.8. The second-order valence-corrected chi connectivity index (χ2v) is 5.85. The number of carbonyl (C=O) groups excluding carboxylic acids is 1. The predicted molar refractivity (Wildman–Crippen MR) is 79.4 cm³/mol. The van der Waals surface area contributed by atoms with Crippen LogP contribution >= 0.6 is 15.9 Å². The molecular weight excluding hydrogens is 306 g/mol. The second kappa shape index (κ2) is 4.98. The van der Waals surface area contributed by atoms with Crippen LogP contribution in [0.25, 0.3) is 10.9 Å². The maximum Gasteiger partial charge on any atom is 0.254 e. The Morgan fingerprint density at radius 1 is 1.26 bits per heavy atom. The van der Waals surface area contributed by atoms with Gasteiger partial charge in [0.25, 0.3) is 5.91 Å². The van der Waals surface area contributed by atoms with Gasteiger partial charge in [-0.2, -0.15) is 0 Å². The van der Waals surface area contributed by atoms with Gasteiger partial charge in [0.2, 0.25) is 0 Å². The maximum absolute atomic E-state index is 12.5. The number of hydrogen-bond donors (Lipinski definition) is 1. The van der Waals surface area contributed by atoms with Gasteiger partial charge in [0.15, 0.2) is 0 Å². The molecule has 2 aromatic rings. The van der Waals surface area contributed by atoms with Gasteiger partial charge in [-0.1, -0.05) is 15.9 Å². The number of amides is 1. The Balaban J connectivity index is 1.89. The summed E-state index contributed by atoms with van der Waals surface area (Å²) < 4.78 is 0.962. The van der Waals surface area contributed by atoms with Crippen LogP contribution in [0, 0.1) is 0 Å². The van der Waals surface area contributed by atoms with Crippen LogP contribution in [0.3, 0.4) is 0 Å². The number of halogens is 1. The number of nitrogens with zero attached hydrogens (tertiary/aromatic N) is 2. The van der Waals surface area contributed by atoms with Crippen molar-refractivity contribution in [1.82, 2.24) is 14.8 Å². The molecule has 1 amide bonds. The van der Waals surface area contributed by atoms with E-state index < -0.39 is 0 Å². The summed E-state index contributed by atoms with van der Waals surface area (Å²) in [7, 11) is 2.09. The Morgan fingerprint density at radius 3 is 2.74 bits per heavy atom. The van der Waals surface area contributed by atoms with Gasteiger partial charge in [-0.15, -0.1) is 0 Å². The molecule has 1 aliphatic rings. The van der Waals surface area contributed by atoms with E-state index in [4.69, 9.17) is 0 Å². The van der Waals surface area contributed by atoms with Crippen molar-refractivity contribution in [2.45, 2.75) is 0 Å². The number of carbonyl (C=O) groups is 1. The number of rotatable bonds is 1. The van der Waals surface area contributed by atoms with Gasteiger partial charge in [0.05, 0.1) is 0 Å². The Bertz CT molecular complexity index is 614. The summed E-state index contributed by atoms with van der Waals surface area (Å²) >= 11 is 3.53. The quantitative estimate of drug-likeness (QED) is 0.875. The molecule has 0 bridgehead atoms. The largest absolute Gasteiger partial charge is 0.361 e. The van der Waals surface area contributed by atoms with Crippen LogP contribution in [0.15, 0.2) is 28.9 Å². The summed E-state index contributed by atoms with van der Waals surface area (Å²) in [4.78, 5) is 19.8. The molecule has 1 aromatic carbocycles. The molecule has 1 N–H and O–H groups in total. The minimum absolute atomic E-state index is 0.116. The number of aromatic amines is 1. The Morgan fingerprint density at radius 2 is 2.00 bits per heavy atom. The van der Waals surface area contributed by atoms with Crippen LogP contribution in [0.5, 0.6) is 0 Å². The highest BCUT2D eigenvalue weighted by Crippen LogP contribution is 2.25. The third-order valence-corrected chi connectivity index (χ3v) is 4.31. The van der Waals surface area contributed by atoms with E-state index in [0.717, 1.165) is 47.1 Å². The zero-order valence-corrected chi connectivity index (χ0v) is 12.4. The first kappa shape index (κ1) is 12.7. The number of benzene rings is 1. The molecule has 0 aliphatic carbocycles. The van der Waals surface area contributed by atoms with Crippen LogP contribution in [-0.4, -0.2) is 53.9 Å². The van der Waals surface area contributed by atoms with Crippen molar-refractivity contribution in [2.75, 3.05) is 33.2 Å². The molecule has 19 heavy (non-hydrogen) atoms. The summed E-state index contributed by atoms with van der Waals surface area (Å²) in [5.74, 6) is 0.116. The van der Waals surface area contributed by atoms with Gasteiger partial charge in [-0.25, -0.2) is 0 Å². The van der Waals surface area contributed by atoms with Crippen molar-refractivity contribution in [1.29, 1.82) is 0 Å². The fraction of sp³-hybridized carbons (Fsp3) is 0.357. The van der Waals surface area contributed by atoms with E-state index in [9.17, 15) is 4.79 Å². The molecule has 4 nitrogen and oxygen atoms in total. The molecule has 0 saturated carbocycles. The predicted octanol–water partition coefficient (Wildman–Crippen LogP) is 2.32. The number of aromatic nitrogens is 1. The van der Waals surface area contributed by atoms with Crippen molar-refractivity contribution >= 4 is 32.7 Å². The summed E-state index contributed by atoms with van der Waals surface area (Å²) in [6, 6.07) is 5.85. The second-order valence-electron chi connectivity index (χ2n) is 4.99. The number of fused-ring (bicyclic) bond motifs is 1. The normalized spacial score (nSPS) is 17.1. The van der Waals surface area contributed by atoms with Gasteiger partial charge in [0.1, 0.15) is 0 Å². The lowest BCUT2D eigenvalue weighted by molar-refractivity contribution is 0.0664. The molecule has 2 heterocycles. The lowest BCUT2D eigenvalue weighted by Crippen LogP contribution is -2.47. The number of piperazine rings is 1. The Labute approximate surface area is 120 Å². The minimum atomic E-state index is 0.116. The number of hydrogen-bond acceptors (Lipinski definition) is 2. The summed E-state index contributed by atoms with van der Waals surface area (Å²) in [5, 5.41) is 1.11. The van der Waals surface area contributed by atoms with Crippen LogP contribution in [0.4, 0.5) is 0 Å². The number of nitrogens with one attached hydrogen (secondary N) is 1. The Kier molecular flexibility index (Phi) is 3.33. The highest BCUT2D eigenvalue weighted by molar-refractivity contribution is 9.10. The van der Waals surface area contributed by atoms with E-state index in [1.165, 1.54) is 0 Å². The molecule has 1 fully saturated rings. The minimum Gasteiger partial charge on any atom is -0.361 e.